The minimum absolute atomic E-state index is 0.0245. The summed E-state index contributed by atoms with van der Waals surface area (Å²) < 4.78 is 0. The molecule has 1 fully saturated rings. The van der Waals surface area contributed by atoms with Crippen LogP contribution in [0.4, 0.5) is 5.69 Å². The first-order valence-electron chi connectivity index (χ1n) is 7.69. The number of anilines is 1. The smallest absolute Gasteiger partial charge is 0.241 e. The summed E-state index contributed by atoms with van der Waals surface area (Å²) in [5.74, 6) is 0.736. The molecular weight excluding hydrogens is 262 g/mol. The van der Waals surface area contributed by atoms with E-state index in [9.17, 15) is 4.79 Å². The lowest BCUT2D eigenvalue weighted by Crippen LogP contribution is -2.47. The van der Waals surface area contributed by atoms with Crippen LogP contribution in [-0.4, -0.2) is 29.9 Å². The second-order valence-corrected chi connectivity index (χ2v) is 5.77. The molecule has 1 saturated heterocycles. The molecule has 1 N–H and O–H groups in total. The highest BCUT2D eigenvalue weighted by atomic mass is 16.2. The number of carbonyl (C=O) groups excluding carboxylic acids is 1. The Morgan fingerprint density at radius 1 is 1.48 bits per heavy atom. The summed E-state index contributed by atoms with van der Waals surface area (Å²) in [7, 11) is 0. The van der Waals surface area contributed by atoms with Gasteiger partial charge in [0.05, 0.1) is 17.7 Å². The van der Waals surface area contributed by atoms with Crippen LogP contribution in [0.2, 0.25) is 0 Å². The number of carbonyl (C=O) groups is 1. The van der Waals surface area contributed by atoms with E-state index in [0.29, 0.717) is 11.5 Å². The number of nitriles is 1. The second kappa shape index (κ2) is 7.24. The Bertz CT molecular complexity index is 518. The highest BCUT2D eigenvalue weighted by Crippen LogP contribution is 2.21. The van der Waals surface area contributed by atoms with Crippen LogP contribution in [-0.2, 0) is 4.79 Å². The fraction of sp³-hybridized carbons (Fsp3) is 0.529. The maximum atomic E-state index is 12.3. The minimum Gasteiger partial charge on any atom is -0.325 e. The van der Waals surface area contributed by atoms with Gasteiger partial charge in [0.1, 0.15) is 0 Å². The summed E-state index contributed by atoms with van der Waals surface area (Å²) in [6.45, 7) is 6.20. The number of hydrogen-bond donors (Lipinski definition) is 1. The van der Waals surface area contributed by atoms with E-state index in [-0.39, 0.29) is 11.9 Å². The molecule has 0 aromatic heterocycles. The Kier molecular flexibility index (Phi) is 5.35. The molecule has 2 rings (SSSR count). The molecule has 0 spiro atoms. The lowest BCUT2D eigenvalue weighted by molar-refractivity contribution is -0.121. The van der Waals surface area contributed by atoms with Crippen molar-refractivity contribution in [2.24, 2.45) is 5.92 Å². The van der Waals surface area contributed by atoms with Gasteiger partial charge in [-0.2, -0.15) is 5.26 Å². The summed E-state index contributed by atoms with van der Waals surface area (Å²) >= 11 is 0. The Balaban J connectivity index is 1.94. The summed E-state index contributed by atoms with van der Waals surface area (Å²) in [5, 5.41) is 11.7. The largest absolute Gasteiger partial charge is 0.325 e. The molecule has 1 amide bonds. The van der Waals surface area contributed by atoms with Crippen molar-refractivity contribution in [3.63, 3.8) is 0 Å². The van der Waals surface area contributed by atoms with Gasteiger partial charge in [0.15, 0.2) is 0 Å². The molecule has 4 nitrogen and oxygen atoms in total. The number of hydrogen-bond acceptors (Lipinski definition) is 3. The molecule has 0 bridgehead atoms. The van der Waals surface area contributed by atoms with Gasteiger partial charge in [0.2, 0.25) is 5.91 Å². The highest BCUT2D eigenvalue weighted by molar-refractivity contribution is 5.94. The van der Waals surface area contributed by atoms with Crippen molar-refractivity contribution in [3.8, 4) is 6.07 Å². The predicted octanol–water partition coefficient (Wildman–Crippen LogP) is 3.01. The van der Waals surface area contributed by atoms with Gasteiger partial charge < -0.3 is 5.32 Å². The van der Waals surface area contributed by atoms with Crippen LogP contribution in [0.3, 0.4) is 0 Å². The van der Waals surface area contributed by atoms with Crippen LogP contribution >= 0.6 is 0 Å². The van der Waals surface area contributed by atoms with Crippen molar-refractivity contribution in [1.29, 1.82) is 5.26 Å². The van der Waals surface area contributed by atoms with Crippen molar-refractivity contribution in [1.82, 2.24) is 4.90 Å². The SMILES string of the molecule is CCC1CCCN(C(C)C(=O)Nc2ccc(C#N)cc2)C1. The standard InChI is InChI=1S/C17H23N3O/c1-3-14-5-4-10-20(12-14)13(2)17(21)19-16-8-6-15(11-18)7-9-16/h6-9,13-14H,3-5,10,12H2,1-2H3,(H,19,21). The summed E-state index contributed by atoms with van der Waals surface area (Å²) in [6.07, 6.45) is 3.63. The third-order valence-electron chi connectivity index (χ3n) is 4.34. The Morgan fingerprint density at radius 2 is 2.19 bits per heavy atom. The van der Waals surface area contributed by atoms with Gasteiger partial charge in [0.25, 0.3) is 0 Å². The van der Waals surface area contributed by atoms with E-state index in [1.807, 2.05) is 6.92 Å². The number of likely N-dealkylation sites (tertiary alicyclic amines) is 1. The zero-order chi connectivity index (χ0) is 15.2. The maximum Gasteiger partial charge on any atom is 0.241 e. The number of benzene rings is 1. The normalized spacial score (nSPS) is 20.5. The Labute approximate surface area is 126 Å². The van der Waals surface area contributed by atoms with Crippen LogP contribution in [0.1, 0.15) is 38.7 Å². The van der Waals surface area contributed by atoms with Crippen molar-refractivity contribution in [2.45, 2.75) is 39.2 Å². The molecule has 112 valence electrons. The highest BCUT2D eigenvalue weighted by Gasteiger charge is 2.26. The van der Waals surface area contributed by atoms with Crippen LogP contribution in [0.15, 0.2) is 24.3 Å². The van der Waals surface area contributed by atoms with E-state index >= 15 is 0 Å². The molecule has 1 aromatic rings. The molecular formula is C17H23N3O. The molecule has 2 atom stereocenters. The number of amides is 1. The van der Waals surface area contributed by atoms with E-state index in [4.69, 9.17) is 5.26 Å². The molecule has 1 heterocycles. The Morgan fingerprint density at radius 3 is 2.81 bits per heavy atom. The fourth-order valence-electron chi connectivity index (χ4n) is 2.82. The number of rotatable bonds is 4. The number of nitrogens with zero attached hydrogens (tertiary/aromatic N) is 2. The van der Waals surface area contributed by atoms with E-state index < -0.39 is 0 Å². The topological polar surface area (TPSA) is 56.1 Å². The lowest BCUT2D eigenvalue weighted by Gasteiger charge is -2.35. The minimum atomic E-state index is -0.116. The van der Waals surface area contributed by atoms with Crippen LogP contribution in [0.5, 0.6) is 0 Å². The van der Waals surface area contributed by atoms with E-state index in [1.165, 1.54) is 19.3 Å². The van der Waals surface area contributed by atoms with Crippen LogP contribution < -0.4 is 5.32 Å². The fourth-order valence-corrected chi connectivity index (χ4v) is 2.82. The first-order chi connectivity index (χ1) is 10.1. The van der Waals surface area contributed by atoms with Crippen molar-refractivity contribution >= 4 is 11.6 Å². The monoisotopic (exact) mass is 285 g/mol. The third-order valence-corrected chi connectivity index (χ3v) is 4.34. The molecule has 0 radical (unpaired) electrons. The molecule has 1 aromatic carbocycles. The van der Waals surface area contributed by atoms with Gasteiger partial charge in [-0.05, 0) is 56.5 Å². The molecule has 1 aliphatic rings. The molecule has 0 aliphatic carbocycles. The molecule has 0 saturated carbocycles. The van der Waals surface area contributed by atoms with E-state index in [1.54, 1.807) is 24.3 Å². The first kappa shape index (κ1) is 15.5. The average Bonchev–Trinajstić information content (AvgIpc) is 2.54. The predicted molar refractivity (Wildman–Crippen MR) is 83.8 cm³/mol. The van der Waals surface area contributed by atoms with Gasteiger partial charge in [-0.1, -0.05) is 13.3 Å². The maximum absolute atomic E-state index is 12.3. The third kappa shape index (κ3) is 4.05. The quantitative estimate of drug-likeness (QED) is 0.925. The van der Waals surface area contributed by atoms with Crippen molar-refractivity contribution in [3.05, 3.63) is 29.8 Å². The van der Waals surface area contributed by atoms with Gasteiger partial charge in [-0.25, -0.2) is 0 Å². The van der Waals surface area contributed by atoms with Gasteiger partial charge in [0, 0.05) is 12.2 Å². The number of piperidine rings is 1. The van der Waals surface area contributed by atoms with E-state index in [2.05, 4.69) is 23.2 Å². The van der Waals surface area contributed by atoms with Gasteiger partial charge in [-0.3, -0.25) is 9.69 Å². The first-order valence-corrected chi connectivity index (χ1v) is 7.69. The molecule has 1 aliphatic heterocycles. The van der Waals surface area contributed by atoms with Gasteiger partial charge in [-0.15, -0.1) is 0 Å². The molecule has 4 heteroatoms. The lowest BCUT2D eigenvalue weighted by atomic mass is 9.94. The zero-order valence-electron chi connectivity index (χ0n) is 12.8. The Hall–Kier alpha value is -1.86. The van der Waals surface area contributed by atoms with Crippen molar-refractivity contribution in [2.75, 3.05) is 18.4 Å². The van der Waals surface area contributed by atoms with Crippen LogP contribution in [0, 0.1) is 17.2 Å². The van der Waals surface area contributed by atoms with Crippen LogP contribution in [0.25, 0.3) is 0 Å². The zero-order valence-corrected chi connectivity index (χ0v) is 12.8. The molecule has 21 heavy (non-hydrogen) atoms. The second-order valence-electron chi connectivity index (χ2n) is 5.77. The average molecular weight is 285 g/mol. The summed E-state index contributed by atoms with van der Waals surface area (Å²) in [5.41, 5.74) is 1.35. The van der Waals surface area contributed by atoms with E-state index in [0.717, 1.165) is 18.8 Å². The summed E-state index contributed by atoms with van der Waals surface area (Å²) in [6, 6.07) is 8.93. The van der Waals surface area contributed by atoms with Crippen molar-refractivity contribution < 1.29 is 4.79 Å². The summed E-state index contributed by atoms with van der Waals surface area (Å²) in [4.78, 5) is 14.6. The molecule has 2 unspecified atom stereocenters. The van der Waals surface area contributed by atoms with Gasteiger partial charge >= 0.3 is 0 Å². The number of nitrogens with one attached hydrogen (secondary N) is 1.